The second-order valence-electron chi connectivity index (χ2n) is 5.65. The first kappa shape index (κ1) is 10.1. The molecule has 3 nitrogen and oxygen atoms in total. The lowest BCUT2D eigenvalue weighted by atomic mass is 9.54. The summed E-state index contributed by atoms with van der Waals surface area (Å²) in [5, 5.41) is 0. The summed E-state index contributed by atoms with van der Waals surface area (Å²) in [6, 6.07) is 0. The minimum absolute atomic E-state index is 0.197. The van der Waals surface area contributed by atoms with Crippen LogP contribution >= 0.6 is 0 Å². The van der Waals surface area contributed by atoms with Gasteiger partial charge in [-0.3, -0.25) is 0 Å². The molecule has 3 rings (SSSR count). The fraction of sp³-hybridized carbons (Fsp3) is 1.00. The molecule has 2 aliphatic carbocycles. The molecule has 1 saturated heterocycles. The van der Waals surface area contributed by atoms with Gasteiger partial charge >= 0.3 is 0 Å². The van der Waals surface area contributed by atoms with Gasteiger partial charge < -0.3 is 15.2 Å². The second-order valence-corrected chi connectivity index (χ2v) is 5.65. The summed E-state index contributed by atoms with van der Waals surface area (Å²) >= 11 is 0. The minimum Gasteiger partial charge on any atom is -0.348 e. The van der Waals surface area contributed by atoms with Crippen LogP contribution in [0.4, 0.5) is 0 Å². The molecule has 1 heterocycles. The Hall–Kier alpha value is -0.120. The fourth-order valence-corrected chi connectivity index (χ4v) is 3.90. The summed E-state index contributed by atoms with van der Waals surface area (Å²) in [6.07, 6.45) is 7.45. The summed E-state index contributed by atoms with van der Waals surface area (Å²) in [7, 11) is 0. The van der Waals surface area contributed by atoms with Crippen molar-refractivity contribution in [2.45, 2.75) is 44.3 Å². The molecule has 2 N–H and O–H groups in total. The molecule has 15 heavy (non-hydrogen) atoms. The van der Waals surface area contributed by atoms with Crippen LogP contribution in [0, 0.1) is 11.3 Å². The normalized spacial score (nSPS) is 43.4. The molecule has 3 aliphatic rings. The van der Waals surface area contributed by atoms with E-state index in [1.54, 1.807) is 0 Å². The first-order chi connectivity index (χ1) is 7.26. The average Bonchev–Trinajstić information content (AvgIpc) is 2.62. The molecule has 0 amide bonds. The van der Waals surface area contributed by atoms with Crippen LogP contribution in [0.1, 0.15) is 38.5 Å². The van der Waals surface area contributed by atoms with Crippen molar-refractivity contribution in [3.05, 3.63) is 0 Å². The third kappa shape index (κ3) is 1.61. The molecule has 0 atom stereocenters. The van der Waals surface area contributed by atoms with Crippen LogP contribution in [0.3, 0.4) is 0 Å². The van der Waals surface area contributed by atoms with Crippen molar-refractivity contribution in [1.82, 2.24) is 0 Å². The highest BCUT2D eigenvalue weighted by Crippen LogP contribution is 2.58. The molecule has 2 saturated carbocycles. The van der Waals surface area contributed by atoms with E-state index < -0.39 is 0 Å². The van der Waals surface area contributed by atoms with E-state index in [9.17, 15) is 0 Å². The number of hydrogen-bond donors (Lipinski definition) is 1. The van der Waals surface area contributed by atoms with Crippen molar-refractivity contribution < 1.29 is 9.47 Å². The Kier molecular flexibility index (Phi) is 2.31. The lowest BCUT2D eigenvalue weighted by molar-refractivity contribution is -0.218. The summed E-state index contributed by atoms with van der Waals surface area (Å²) < 4.78 is 11.7. The highest BCUT2D eigenvalue weighted by Gasteiger charge is 2.53. The highest BCUT2D eigenvalue weighted by atomic mass is 16.7. The molecule has 86 valence electrons. The molecule has 0 unspecified atom stereocenters. The summed E-state index contributed by atoms with van der Waals surface area (Å²) in [6.45, 7) is 2.43. The Morgan fingerprint density at radius 1 is 1.13 bits per heavy atom. The largest absolute Gasteiger partial charge is 0.348 e. The van der Waals surface area contributed by atoms with Gasteiger partial charge in [-0.2, -0.15) is 0 Å². The van der Waals surface area contributed by atoms with Gasteiger partial charge in [0.1, 0.15) is 0 Å². The lowest BCUT2D eigenvalue weighted by Gasteiger charge is -2.54. The maximum atomic E-state index is 5.83. The maximum Gasteiger partial charge on any atom is 0.169 e. The predicted octanol–water partition coefficient (Wildman–Crippen LogP) is 1.66. The Balaban J connectivity index is 1.67. The van der Waals surface area contributed by atoms with Gasteiger partial charge in [-0.25, -0.2) is 0 Å². The third-order valence-electron chi connectivity index (χ3n) is 4.50. The lowest BCUT2D eigenvalue weighted by Crippen LogP contribution is -2.50. The average molecular weight is 211 g/mol. The Morgan fingerprint density at radius 3 is 2.53 bits per heavy atom. The van der Waals surface area contributed by atoms with Crippen molar-refractivity contribution in [2.24, 2.45) is 17.1 Å². The number of ether oxygens (including phenoxy) is 2. The zero-order valence-corrected chi connectivity index (χ0v) is 9.34. The standard InChI is InChI=1S/C12H21NO2/c13-8-10-6-11(7-10)2-1-3-12(9-11)14-4-5-15-12/h10H,1-9,13H2. The van der Waals surface area contributed by atoms with E-state index in [0.29, 0.717) is 5.41 Å². The number of rotatable bonds is 1. The van der Waals surface area contributed by atoms with E-state index >= 15 is 0 Å². The second kappa shape index (κ2) is 3.44. The molecule has 0 bridgehead atoms. The summed E-state index contributed by atoms with van der Waals surface area (Å²) in [5.41, 5.74) is 6.23. The van der Waals surface area contributed by atoms with Gasteiger partial charge in [0.05, 0.1) is 13.2 Å². The third-order valence-corrected chi connectivity index (χ3v) is 4.50. The van der Waals surface area contributed by atoms with E-state index in [2.05, 4.69) is 0 Å². The smallest absolute Gasteiger partial charge is 0.169 e. The minimum atomic E-state index is -0.197. The Morgan fingerprint density at radius 2 is 1.87 bits per heavy atom. The van der Waals surface area contributed by atoms with Crippen molar-refractivity contribution in [2.75, 3.05) is 19.8 Å². The van der Waals surface area contributed by atoms with Gasteiger partial charge in [0.15, 0.2) is 5.79 Å². The number of nitrogens with two attached hydrogens (primary N) is 1. The first-order valence-corrected chi connectivity index (χ1v) is 6.24. The van der Waals surface area contributed by atoms with Gasteiger partial charge in [0.25, 0.3) is 0 Å². The topological polar surface area (TPSA) is 44.5 Å². The highest BCUT2D eigenvalue weighted by molar-refractivity contribution is 5.00. The molecule has 0 aromatic rings. The van der Waals surface area contributed by atoms with Gasteiger partial charge in [-0.1, -0.05) is 0 Å². The van der Waals surface area contributed by atoms with Gasteiger partial charge in [0, 0.05) is 12.8 Å². The van der Waals surface area contributed by atoms with E-state index in [1.165, 1.54) is 25.7 Å². The number of hydrogen-bond acceptors (Lipinski definition) is 3. The van der Waals surface area contributed by atoms with Crippen molar-refractivity contribution in [3.8, 4) is 0 Å². The molecule has 0 aromatic heterocycles. The molecule has 3 fully saturated rings. The van der Waals surface area contributed by atoms with Crippen LogP contribution < -0.4 is 5.73 Å². The first-order valence-electron chi connectivity index (χ1n) is 6.24. The van der Waals surface area contributed by atoms with E-state index in [0.717, 1.165) is 38.5 Å². The van der Waals surface area contributed by atoms with Crippen molar-refractivity contribution >= 4 is 0 Å². The van der Waals surface area contributed by atoms with Crippen LogP contribution in [-0.2, 0) is 9.47 Å². The zero-order valence-electron chi connectivity index (χ0n) is 9.34. The van der Waals surface area contributed by atoms with Gasteiger partial charge in [-0.15, -0.1) is 0 Å². The van der Waals surface area contributed by atoms with Crippen molar-refractivity contribution in [3.63, 3.8) is 0 Å². The van der Waals surface area contributed by atoms with Crippen molar-refractivity contribution in [1.29, 1.82) is 0 Å². The van der Waals surface area contributed by atoms with E-state index in [1.807, 2.05) is 0 Å². The Labute approximate surface area is 91.3 Å². The summed E-state index contributed by atoms with van der Waals surface area (Å²) in [5.74, 6) is 0.569. The monoisotopic (exact) mass is 211 g/mol. The SMILES string of the molecule is NCC1CC2(CCCC3(C2)OCCO3)C1. The quantitative estimate of drug-likeness (QED) is 0.717. The fourth-order valence-electron chi connectivity index (χ4n) is 3.90. The zero-order chi connectivity index (χ0) is 10.4. The predicted molar refractivity (Wildman–Crippen MR) is 57.3 cm³/mol. The maximum absolute atomic E-state index is 5.83. The van der Waals surface area contributed by atoms with Crippen LogP contribution in [0.5, 0.6) is 0 Å². The molecule has 2 spiro atoms. The van der Waals surface area contributed by atoms with E-state index in [-0.39, 0.29) is 5.79 Å². The summed E-state index contributed by atoms with van der Waals surface area (Å²) in [4.78, 5) is 0. The molecule has 1 aliphatic heterocycles. The van der Waals surface area contributed by atoms with Crippen LogP contribution in [-0.4, -0.2) is 25.5 Å². The molecule has 0 radical (unpaired) electrons. The molecule has 3 heteroatoms. The van der Waals surface area contributed by atoms with Crippen LogP contribution in [0.15, 0.2) is 0 Å². The molecular weight excluding hydrogens is 190 g/mol. The Bertz CT molecular complexity index is 242. The van der Waals surface area contributed by atoms with E-state index in [4.69, 9.17) is 15.2 Å². The van der Waals surface area contributed by atoms with Crippen LogP contribution in [0.2, 0.25) is 0 Å². The molecular formula is C12H21NO2. The van der Waals surface area contributed by atoms with Crippen LogP contribution in [0.25, 0.3) is 0 Å². The molecule has 0 aromatic carbocycles. The van der Waals surface area contributed by atoms with Gasteiger partial charge in [0.2, 0.25) is 0 Å². The van der Waals surface area contributed by atoms with Gasteiger partial charge in [-0.05, 0) is 43.6 Å².